The lowest BCUT2D eigenvalue weighted by Crippen LogP contribution is -2.30. The molecule has 0 spiro atoms. The number of ether oxygens (including phenoxy) is 3. The van der Waals surface area contributed by atoms with Crippen LogP contribution in [0.15, 0.2) is 30.6 Å². The summed E-state index contributed by atoms with van der Waals surface area (Å²) in [6.45, 7) is 4.38. The zero-order valence-electron chi connectivity index (χ0n) is 18.7. The number of benzene rings is 1. The fraction of sp³-hybridized carbons (Fsp3) is 0.435. The Hall–Kier alpha value is -3.33. The molecule has 0 saturated carbocycles. The van der Waals surface area contributed by atoms with Crippen molar-refractivity contribution < 1.29 is 19.0 Å². The molecule has 0 unspecified atom stereocenters. The molecule has 2 aromatic heterocycles. The van der Waals surface area contributed by atoms with Gasteiger partial charge in [-0.25, -0.2) is 9.67 Å². The van der Waals surface area contributed by atoms with E-state index in [1.54, 1.807) is 26.6 Å². The second-order valence-electron chi connectivity index (χ2n) is 7.60. The normalized spacial score (nSPS) is 14.3. The number of anilines is 1. The molecule has 1 aliphatic heterocycles. The van der Waals surface area contributed by atoms with Crippen molar-refractivity contribution in [3.8, 4) is 11.5 Å². The summed E-state index contributed by atoms with van der Waals surface area (Å²) in [6.07, 6.45) is 5.15. The molecule has 1 amide bonds. The van der Waals surface area contributed by atoms with Crippen LogP contribution in [0.25, 0.3) is 11.0 Å². The van der Waals surface area contributed by atoms with Gasteiger partial charge in [0.25, 0.3) is 5.91 Å². The van der Waals surface area contributed by atoms with E-state index in [1.807, 2.05) is 29.8 Å². The number of rotatable bonds is 8. The first-order valence-corrected chi connectivity index (χ1v) is 10.8. The van der Waals surface area contributed by atoms with Crippen LogP contribution in [0.1, 0.15) is 35.7 Å². The first kappa shape index (κ1) is 21.9. The number of hydrogen-bond donors (Lipinski definition) is 2. The van der Waals surface area contributed by atoms with Gasteiger partial charge >= 0.3 is 0 Å². The molecule has 3 aromatic rings. The predicted molar refractivity (Wildman–Crippen MR) is 121 cm³/mol. The van der Waals surface area contributed by atoms with E-state index in [2.05, 4.69) is 20.7 Å². The number of methoxy groups -OCH3 is 2. The number of pyridine rings is 1. The highest BCUT2D eigenvalue weighted by Crippen LogP contribution is 2.30. The van der Waals surface area contributed by atoms with Crippen LogP contribution in [0, 0.1) is 0 Å². The SMILES string of the molecule is CCn1ncc2c(NC3CCOCC3)c(C(=O)NCc3c(OC)cccc3OC)cnc21. The minimum Gasteiger partial charge on any atom is -0.496 e. The van der Waals surface area contributed by atoms with Crippen LogP contribution >= 0.6 is 0 Å². The van der Waals surface area contributed by atoms with Crippen LogP contribution in [0.2, 0.25) is 0 Å². The van der Waals surface area contributed by atoms with Gasteiger partial charge in [0.1, 0.15) is 11.5 Å². The maximum atomic E-state index is 13.3. The minimum atomic E-state index is -0.230. The molecule has 9 heteroatoms. The van der Waals surface area contributed by atoms with Gasteiger partial charge in [0.15, 0.2) is 5.65 Å². The second-order valence-corrected chi connectivity index (χ2v) is 7.60. The molecule has 4 rings (SSSR count). The van der Waals surface area contributed by atoms with E-state index < -0.39 is 0 Å². The Bertz CT molecular complexity index is 1070. The molecule has 2 N–H and O–H groups in total. The van der Waals surface area contributed by atoms with Crippen LogP contribution in [0.4, 0.5) is 5.69 Å². The summed E-state index contributed by atoms with van der Waals surface area (Å²) >= 11 is 0. The van der Waals surface area contributed by atoms with Crippen molar-refractivity contribution in [2.45, 2.75) is 38.9 Å². The van der Waals surface area contributed by atoms with Crippen LogP contribution in [0.3, 0.4) is 0 Å². The lowest BCUT2D eigenvalue weighted by atomic mass is 10.1. The van der Waals surface area contributed by atoms with Crippen molar-refractivity contribution >= 4 is 22.6 Å². The van der Waals surface area contributed by atoms with Crippen molar-refractivity contribution in [2.24, 2.45) is 0 Å². The summed E-state index contributed by atoms with van der Waals surface area (Å²) in [5.41, 5.74) is 2.77. The van der Waals surface area contributed by atoms with Gasteiger partial charge in [0.05, 0.1) is 49.2 Å². The lowest BCUT2D eigenvalue weighted by Gasteiger charge is -2.25. The number of amides is 1. The van der Waals surface area contributed by atoms with Crippen molar-refractivity contribution in [3.05, 3.63) is 41.7 Å². The zero-order chi connectivity index (χ0) is 22.5. The average Bonchev–Trinajstić information content (AvgIpc) is 3.26. The van der Waals surface area contributed by atoms with Gasteiger partial charge in [0.2, 0.25) is 0 Å². The Morgan fingerprint density at radius 1 is 1.19 bits per heavy atom. The van der Waals surface area contributed by atoms with Gasteiger partial charge in [-0.1, -0.05) is 6.07 Å². The molecule has 1 aromatic carbocycles. The number of nitrogens with zero attached hydrogens (tertiary/aromatic N) is 3. The zero-order valence-corrected chi connectivity index (χ0v) is 18.7. The summed E-state index contributed by atoms with van der Waals surface area (Å²) in [7, 11) is 3.19. The number of nitrogens with one attached hydrogen (secondary N) is 2. The van der Waals surface area contributed by atoms with E-state index in [9.17, 15) is 4.79 Å². The average molecular weight is 440 g/mol. The first-order chi connectivity index (χ1) is 15.7. The highest BCUT2D eigenvalue weighted by molar-refractivity contribution is 6.06. The van der Waals surface area contributed by atoms with Gasteiger partial charge in [-0.05, 0) is 31.9 Å². The fourth-order valence-electron chi connectivity index (χ4n) is 4.00. The molecule has 1 aliphatic rings. The molecule has 0 aliphatic carbocycles. The standard InChI is InChI=1S/C23H29N5O4/c1-4-28-22-17(14-26-28)21(27-15-8-10-32-11-9-15)18(13-24-22)23(29)25-12-16-19(30-2)6-5-7-20(16)31-3/h5-7,13-15H,4,8-12H2,1-3H3,(H,24,27)(H,25,29). The van der Waals surface area contributed by atoms with E-state index in [0.29, 0.717) is 36.8 Å². The Morgan fingerprint density at radius 2 is 1.91 bits per heavy atom. The summed E-state index contributed by atoms with van der Waals surface area (Å²) in [6, 6.07) is 5.76. The van der Waals surface area contributed by atoms with E-state index >= 15 is 0 Å². The molecular formula is C23H29N5O4. The number of aromatic nitrogens is 3. The smallest absolute Gasteiger partial charge is 0.255 e. The van der Waals surface area contributed by atoms with Crippen LogP contribution < -0.4 is 20.1 Å². The Balaban J connectivity index is 1.64. The third kappa shape index (κ3) is 4.34. The fourth-order valence-corrected chi connectivity index (χ4v) is 4.00. The number of aryl methyl sites for hydroxylation is 1. The van der Waals surface area contributed by atoms with E-state index in [0.717, 1.165) is 35.1 Å². The Kier molecular flexibility index (Phi) is 6.75. The maximum absolute atomic E-state index is 13.3. The molecule has 0 atom stereocenters. The van der Waals surface area contributed by atoms with Crippen LogP contribution in [0.5, 0.6) is 11.5 Å². The molecule has 170 valence electrons. The van der Waals surface area contributed by atoms with Crippen molar-refractivity contribution in [3.63, 3.8) is 0 Å². The number of hydrogen-bond acceptors (Lipinski definition) is 7. The largest absolute Gasteiger partial charge is 0.496 e. The molecule has 32 heavy (non-hydrogen) atoms. The van der Waals surface area contributed by atoms with Crippen LogP contribution in [-0.4, -0.2) is 54.1 Å². The van der Waals surface area contributed by atoms with Gasteiger partial charge in [-0.3, -0.25) is 4.79 Å². The number of fused-ring (bicyclic) bond motifs is 1. The minimum absolute atomic E-state index is 0.222. The molecule has 3 heterocycles. The maximum Gasteiger partial charge on any atom is 0.255 e. The number of carbonyl (C=O) groups excluding carboxylic acids is 1. The third-order valence-corrected chi connectivity index (χ3v) is 5.74. The summed E-state index contributed by atoms with van der Waals surface area (Å²) in [5.74, 6) is 1.08. The monoisotopic (exact) mass is 439 g/mol. The third-order valence-electron chi connectivity index (χ3n) is 5.74. The quantitative estimate of drug-likeness (QED) is 0.557. The topological polar surface area (TPSA) is 99.5 Å². The highest BCUT2D eigenvalue weighted by atomic mass is 16.5. The molecule has 0 radical (unpaired) electrons. The molecule has 0 bridgehead atoms. The molecule has 1 saturated heterocycles. The lowest BCUT2D eigenvalue weighted by molar-refractivity contribution is 0.0904. The Morgan fingerprint density at radius 3 is 2.56 bits per heavy atom. The van der Waals surface area contributed by atoms with Crippen molar-refractivity contribution in [2.75, 3.05) is 32.8 Å². The summed E-state index contributed by atoms with van der Waals surface area (Å²) in [5, 5.41) is 11.8. The van der Waals surface area contributed by atoms with E-state index in [4.69, 9.17) is 14.2 Å². The summed E-state index contributed by atoms with van der Waals surface area (Å²) in [4.78, 5) is 17.8. The first-order valence-electron chi connectivity index (χ1n) is 10.8. The van der Waals surface area contributed by atoms with Crippen LogP contribution in [-0.2, 0) is 17.8 Å². The molecule has 1 fully saturated rings. The van der Waals surface area contributed by atoms with Crippen molar-refractivity contribution in [1.82, 2.24) is 20.1 Å². The Labute approximate surface area is 187 Å². The summed E-state index contributed by atoms with van der Waals surface area (Å²) < 4.78 is 18.2. The number of carbonyl (C=O) groups is 1. The van der Waals surface area contributed by atoms with Crippen molar-refractivity contribution in [1.29, 1.82) is 0 Å². The second kappa shape index (κ2) is 9.86. The van der Waals surface area contributed by atoms with Gasteiger partial charge in [-0.15, -0.1) is 0 Å². The molecule has 9 nitrogen and oxygen atoms in total. The highest BCUT2D eigenvalue weighted by Gasteiger charge is 2.22. The van der Waals surface area contributed by atoms with Gasteiger partial charge in [-0.2, -0.15) is 5.10 Å². The molecular weight excluding hydrogens is 410 g/mol. The van der Waals surface area contributed by atoms with Gasteiger partial charge in [0, 0.05) is 32.0 Å². The predicted octanol–water partition coefficient (Wildman–Crippen LogP) is 2.99. The van der Waals surface area contributed by atoms with E-state index in [1.165, 1.54) is 0 Å². The van der Waals surface area contributed by atoms with Gasteiger partial charge < -0.3 is 24.8 Å². The van der Waals surface area contributed by atoms with E-state index in [-0.39, 0.29) is 18.5 Å².